The van der Waals surface area contributed by atoms with Crippen LogP contribution in [0.2, 0.25) is 0 Å². The normalized spacial score (nSPS) is 9.47. The molecule has 0 bridgehead atoms. The number of nitrogens with one attached hydrogen (secondary N) is 3. The highest BCUT2D eigenvalue weighted by molar-refractivity contribution is 5.98. The molecule has 0 heterocycles. The van der Waals surface area contributed by atoms with Crippen LogP contribution in [0.4, 0.5) is 5.69 Å². The van der Waals surface area contributed by atoms with Crippen molar-refractivity contribution in [3.8, 4) is 0 Å². The van der Waals surface area contributed by atoms with Gasteiger partial charge in [-0.05, 0) is 24.6 Å². The summed E-state index contributed by atoms with van der Waals surface area (Å²) in [5, 5.41) is 12.1. The lowest BCUT2D eigenvalue weighted by Gasteiger charge is -2.09. The van der Waals surface area contributed by atoms with Gasteiger partial charge in [-0.2, -0.15) is 0 Å². The molecule has 0 saturated heterocycles. The molecule has 6 heteroatoms. The molecule has 5 N–H and O–H groups in total. The number of benzene rings is 1. The average molecular weight is 233 g/mol. The highest BCUT2D eigenvalue weighted by Crippen LogP contribution is 2.16. The molecule has 89 valence electrons. The largest absolute Gasteiger partial charge is 0.370 e. The number of anilines is 1. The summed E-state index contributed by atoms with van der Waals surface area (Å²) < 4.78 is 0. The lowest BCUT2D eigenvalue weighted by Crippen LogP contribution is -2.23. The van der Waals surface area contributed by atoms with Crippen LogP contribution in [0.3, 0.4) is 0 Å². The Morgan fingerprint density at radius 1 is 1.47 bits per heavy atom. The van der Waals surface area contributed by atoms with E-state index in [1.807, 2.05) is 6.92 Å². The van der Waals surface area contributed by atoms with Gasteiger partial charge < -0.3 is 21.2 Å². The lowest BCUT2D eigenvalue weighted by molar-refractivity contribution is -0.105. The van der Waals surface area contributed by atoms with E-state index in [1.54, 1.807) is 18.2 Å². The molecule has 1 rings (SSSR count). The SMILES string of the molecule is Cc1ccc(C(=O)N[CH]C=O)cc1NC(=N)N. The molecule has 0 spiro atoms. The molecule has 17 heavy (non-hydrogen) atoms. The second-order valence-corrected chi connectivity index (χ2v) is 3.34. The first-order chi connectivity index (χ1) is 8.04. The molecular formula is C11H13N4O2. The fourth-order valence-corrected chi connectivity index (χ4v) is 1.24. The predicted molar refractivity (Wildman–Crippen MR) is 64.5 cm³/mol. The molecule has 0 fully saturated rings. The Kier molecular flexibility index (Phi) is 4.21. The van der Waals surface area contributed by atoms with Gasteiger partial charge in [0.2, 0.25) is 0 Å². The van der Waals surface area contributed by atoms with E-state index >= 15 is 0 Å². The van der Waals surface area contributed by atoms with Crippen LogP contribution in [0.5, 0.6) is 0 Å². The first-order valence-corrected chi connectivity index (χ1v) is 4.84. The van der Waals surface area contributed by atoms with Crippen LogP contribution in [-0.4, -0.2) is 18.2 Å². The summed E-state index contributed by atoms with van der Waals surface area (Å²) >= 11 is 0. The van der Waals surface area contributed by atoms with Crippen LogP contribution in [0.1, 0.15) is 15.9 Å². The van der Waals surface area contributed by atoms with E-state index in [-0.39, 0.29) is 5.96 Å². The first kappa shape index (κ1) is 12.7. The Morgan fingerprint density at radius 2 is 2.18 bits per heavy atom. The minimum atomic E-state index is -0.399. The number of nitrogens with two attached hydrogens (primary N) is 1. The number of guanidine groups is 1. The Balaban J connectivity index is 2.91. The van der Waals surface area contributed by atoms with Gasteiger partial charge in [-0.25, -0.2) is 0 Å². The Morgan fingerprint density at radius 3 is 2.76 bits per heavy atom. The molecule has 0 atom stereocenters. The number of aldehydes is 1. The van der Waals surface area contributed by atoms with Gasteiger partial charge in [0.05, 0.1) is 0 Å². The average Bonchev–Trinajstić information content (AvgIpc) is 2.28. The quantitative estimate of drug-likeness (QED) is 0.342. The minimum Gasteiger partial charge on any atom is -0.370 e. The van der Waals surface area contributed by atoms with Crippen LogP contribution in [0.25, 0.3) is 0 Å². The summed E-state index contributed by atoms with van der Waals surface area (Å²) in [4.78, 5) is 21.6. The zero-order valence-electron chi connectivity index (χ0n) is 9.28. The molecular weight excluding hydrogens is 220 g/mol. The van der Waals surface area contributed by atoms with E-state index in [0.717, 1.165) is 12.1 Å². The maximum Gasteiger partial charge on any atom is 0.252 e. The third-order valence-electron chi connectivity index (χ3n) is 2.05. The molecule has 1 aromatic carbocycles. The Labute approximate surface area is 98.7 Å². The van der Waals surface area contributed by atoms with Crippen molar-refractivity contribution in [1.82, 2.24) is 5.32 Å². The minimum absolute atomic E-state index is 0.204. The topological polar surface area (TPSA) is 108 Å². The maximum absolute atomic E-state index is 11.5. The zero-order valence-corrected chi connectivity index (χ0v) is 9.28. The van der Waals surface area contributed by atoms with Crippen LogP contribution in [-0.2, 0) is 4.79 Å². The number of hydrogen-bond acceptors (Lipinski definition) is 3. The zero-order chi connectivity index (χ0) is 12.8. The van der Waals surface area contributed by atoms with Crippen molar-refractivity contribution in [1.29, 1.82) is 5.41 Å². The number of rotatable bonds is 4. The van der Waals surface area contributed by atoms with E-state index < -0.39 is 5.91 Å². The van der Waals surface area contributed by atoms with Gasteiger partial charge in [0, 0.05) is 11.3 Å². The molecule has 6 nitrogen and oxygen atoms in total. The molecule has 0 aliphatic carbocycles. The van der Waals surface area contributed by atoms with Crippen molar-refractivity contribution in [3.05, 3.63) is 35.9 Å². The number of hydrogen-bond donors (Lipinski definition) is 4. The lowest BCUT2D eigenvalue weighted by atomic mass is 10.1. The third-order valence-corrected chi connectivity index (χ3v) is 2.05. The second kappa shape index (κ2) is 5.64. The summed E-state index contributed by atoms with van der Waals surface area (Å²) in [6.07, 6.45) is 0.487. The molecule has 1 radical (unpaired) electrons. The van der Waals surface area contributed by atoms with Crippen molar-refractivity contribution >= 4 is 23.8 Å². The summed E-state index contributed by atoms with van der Waals surface area (Å²) in [5.74, 6) is -0.603. The van der Waals surface area contributed by atoms with Gasteiger partial charge in [-0.1, -0.05) is 6.07 Å². The van der Waals surface area contributed by atoms with Crippen LogP contribution >= 0.6 is 0 Å². The van der Waals surface area contributed by atoms with Crippen molar-refractivity contribution in [2.75, 3.05) is 5.32 Å². The van der Waals surface area contributed by atoms with E-state index in [2.05, 4.69) is 10.6 Å². The Hall–Kier alpha value is -2.37. The summed E-state index contributed by atoms with van der Waals surface area (Å²) in [6.45, 7) is 2.84. The number of amides is 1. The van der Waals surface area contributed by atoms with E-state index in [0.29, 0.717) is 17.5 Å². The second-order valence-electron chi connectivity index (χ2n) is 3.34. The molecule has 0 aromatic heterocycles. The number of carbonyl (C=O) groups is 2. The van der Waals surface area contributed by atoms with Crippen molar-refractivity contribution in [2.45, 2.75) is 6.92 Å². The van der Waals surface area contributed by atoms with Gasteiger partial charge >= 0.3 is 0 Å². The van der Waals surface area contributed by atoms with Crippen molar-refractivity contribution in [3.63, 3.8) is 0 Å². The molecule has 0 aliphatic heterocycles. The van der Waals surface area contributed by atoms with E-state index in [9.17, 15) is 9.59 Å². The fraction of sp³-hybridized carbons (Fsp3) is 0.0909. The molecule has 1 amide bonds. The van der Waals surface area contributed by atoms with Crippen LogP contribution in [0.15, 0.2) is 18.2 Å². The van der Waals surface area contributed by atoms with E-state index in [4.69, 9.17) is 11.1 Å². The number of aryl methyl sites for hydroxylation is 1. The van der Waals surface area contributed by atoms with Gasteiger partial charge in [0.25, 0.3) is 5.91 Å². The summed E-state index contributed by atoms with van der Waals surface area (Å²) in [7, 11) is 0. The van der Waals surface area contributed by atoms with Gasteiger partial charge in [-0.15, -0.1) is 0 Å². The summed E-state index contributed by atoms with van der Waals surface area (Å²) in [5.41, 5.74) is 7.03. The highest BCUT2D eigenvalue weighted by atomic mass is 16.2. The molecule has 1 aromatic rings. The molecule has 0 aliphatic rings. The smallest absolute Gasteiger partial charge is 0.252 e. The molecule has 0 saturated carbocycles. The summed E-state index contributed by atoms with van der Waals surface area (Å²) in [6, 6.07) is 4.90. The third kappa shape index (κ3) is 3.60. The molecule has 0 unspecified atom stereocenters. The van der Waals surface area contributed by atoms with Gasteiger partial charge in [-0.3, -0.25) is 10.2 Å². The van der Waals surface area contributed by atoms with Crippen molar-refractivity contribution in [2.24, 2.45) is 5.73 Å². The monoisotopic (exact) mass is 233 g/mol. The fourth-order valence-electron chi connectivity index (χ4n) is 1.24. The van der Waals surface area contributed by atoms with Crippen LogP contribution < -0.4 is 16.4 Å². The highest BCUT2D eigenvalue weighted by Gasteiger charge is 2.07. The predicted octanol–water partition coefficient (Wildman–Crippen LogP) is 0.391. The van der Waals surface area contributed by atoms with Gasteiger partial charge in [0.1, 0.15) is 12.8 Å². The standard InChI is InChI=1S/C11H13N4O2/c1-7-2-3-8(10(17)14-4-5-16)6-9(7)15-11(12)13/h2-6H,1H3,(H,14,17)(H4,12,13,15). The van der Waals surface area contributed by atoms with E-state index in [1.165, 1.54) is 0 Å². The Bertz CT molecular complexity index is 457. The maximum atomic E-state index is 11.5. The number of carbonyl (C=O) groups excluding carboxylic acids is 2. The first-order valence-electron chi connectivity index (χ1n) is 4.84. The van der Waals surface area contributed by atoms with Crippen molar-refractivity contribution < 1.29 is 9.59 Å². The van der Waals surface area contributed by atoms with Gasteiger partial charge in [0.15, 0.2) is 5.96 Å². The van der Waals surface area contributed by atoms with Crippen LogP contribution in [0, 0.1) is 18.9 Å².